The molecule has 0 aliphatic carbocycles. The molecule has 0 saturated carbocycles. The Hall–Kier alpha value is -1.78. The molecular weight excluding hydrogens is 348 g/mol. The number of halogens is 1. The van der Waals surface area contributed by atoms with Gasteiger partial charge in [0, 0.05) is 18.6 Å². The van der Waals surface area contributed by atoms with Crippen molar-refractivity contribution in [1.82, 2.24) is 10.2 Å². The molecule has 0 aromatic heterocycles. The van der Waals surface area contributed by atoms with Gasteiger partial charge in [0.15, 0.2) is 0 Å². The zero-order chi connectivity index (χ0) is 17.4. The van der Waals surface area contributed by atoms with Gasteiger partial charge in [-0.1, -0.05) is 24.3 Å². The third-order valence-electron chi connectivity index (χ3n) is 5.85. The molecule has 2 aliphatic heterocycles. The molecule has 1 amide bonds. The largest absolute Gasteiger partial charge is 0.497 e. The maximum atomic E-state index is 13.2. The first-order valence-corrected chi connectivity index (χ1v) is 9.28. The van der Waals surface area contributed by atoms with Crippen LogP contribution in [0.2, 0.25) is 0 Å². The number of hydrogen-bond acceptors (Lipinski definition) is 3. The highest BCUT2D eigenvalue weighted by molar-refractivity contribution is 5.88. The van der Waals surface area contributed by atoms with Crippen LogP contribution in [0.3, 0.4) is 0 Å². The summed E-state index contributed by atoms with van der Waals surface area (Å²) >= 11 is 0. The van der Waals surface area contributed by atoms with E-state index >= 15 is 0 Å². The van der Waals surface area contributed by atoms with Crippen LogP contribution >= 0.6 is 12.4 Å². The molecule has 4 nitrogen and oxygen atoms in total. The van der Waals surface area contributed by atoms with Crippen LogP contribution in [0.15, 0.2) is 36.4 Å². The first-order chi connectivity index (χ1) is 12.2. The predicted octanol–water partition coefficient (Wildman–Crippen LogP) is 3.73. The van der Waals surface area contributed by atoms with E-state index in [4.69, 9.17) is 4.74 Å². The molecule has 140 valence electrons. The van der Waals surface area contributed by atoms with Crippen molar-refractivity contribution >= 4 is 29.1 Å². The summed E-state index contributed by atoms with van der Waals surface area (Å²) in [6, 6.07) is 13.2. The summed E-state index contributed by atoms with van der Waals surface area (Å²) in [4.78, 5) is 15.4. The molecule has 3 atom stereocenters. The number of ether oxygens (including phenoxy) is 1. The molecule has 2 saturated heterocycles. The van der Waals surface area contributed by atoms with Crippen molar-refractivity contribution in [3.05, 3.63) is 42.0 Å². The Morgan fingerprint density at radius 2 is 1.85 bits per heavy atom. The van der Waals surface area contributed by atoms with E-state index in [1.165, 1.54) is 0 Å². The molecule has 1 N–H and O–H groups in total. The zero-order valence-corrected chi connectivity index (χ0v) is 16.2. The minimum Gasteiger partial charge on any atom is -0.497 e. The zero-order valence-electron chi connectivity index (χ0n) is 15.4. The lowest BCUT2D eigenvalue weighted by Crippen LogP contribution is -2.44. The number of benzene rings is 2. The van der Waals surface area contributed by atoms with Crippen molar-refractivity contribution in [3.8, 4) is 5.75 Å². The maximum Gasteiger partial charge on any atom is 0.230 e. The quantitative estimate of drug-likeness (QED) is 0.890. The topological polar surface area (TPSA) is 41.6 Å². The minimum atomic E-state index is -0.104. The number of methoxy groups -OCH3 is 1. The molecule has 26 heavy (non-hydrogen) atoms. The summed E-state index contributed by atoms with van der Waals surface area (Å²) in [5.41, 5.74) is 1.10. The SMILES string of the molecule is COc1ccc2cc(C(C)C(=O)N3C4CCNCC3CC4)ccc2c1.Cl. The summed E-state index contributed by atoms with van der Waals surface area (Å²) in [7, 11) is 1.68. The molecule has 3 unspecified atom stereocenters. The third kappa shape index (κ3) is 3.40. The normalized spacial score (nSPS) is 23.2. The van der Waals surface area contributed by atoms with E-state index in [-0.39, 0.29) is 24.2 Å². The van der Waals surface area contributed by atoms with E-state index in [9.17, 15) is 4.79 Å². The Bertz CT molecular complexity index is 781. The van der Waals surface area contributed by atoms with Gasteiger partial charge in [0.1, 0.15) is 5.75 Å². The van der Waals surface area contributed by atoms with Crippen molar-refractivity contribution in [1.29, 1.82) is 0 Å². The van der Waals surface area contributed by atoms with Crippen molar-refractivity contribution in [2.24, 2.45) is 0 Å². The molecule has 5 heteroatoms. The van der Waals surface area contributed by atoms with E-state index < -0.39 is 0 Å². The van der Waals surface area contributed by atoms with E-state index in [0.29, 0.717) is 12.1 Å². The fourth-order valence-corrected chi connectivity index (χ4v) is 4.35. The summed E-state index contributed by atoms with van der Waals surface area (Å²) in [6.45, 7) is 4.01. The number of nitrogens with zero attached hydrogens (tertiary/aromatic N) is 1. The average Bonchev–Trinajstić information content (AvgIpc) is 2.92. The second kappa shape index (κ2) is 7.85. The Kier molecular flexibility index (Phi) is 5.73. The van der Waals surface area contributed by atoms with Gasteiger partial charge in [0.25, 0.3) is 0 Å². The molecule has 2 heterocycles. The van der Waals surface area contributed by atoms with Gasteiger partial charge < -0.3 is 15.0 Å². The summed E-state index contributed by atoms with van der Waals surface area (Å²) < 4.78 is 5.29. The van der Waals surface area contributed by atoms with E-state index in [0.717, 1.165) is 54.4 Å². The van der Waals surface area contributed by atoms with Crippen LogP contribution in [0.5, 0.6) is 5.75 Å². The smallest absolute Gasteiger partial charge is 0.230 e. The molecule has 2 bridgehead atoms. The number of carbonyl (C=O) groups is 1. The Labute approximate surface area is 161 Å². The van der Waals surface area contributed by atoms with Crippen LogP contribution in [0.1, 0.15) is 37.7 Å². The second-order valence-electron chi connectivity index (χ2n) is 7.32. The molecule has 2 aromatic rings. The van der Waals surface area contributed by atoms with E-state index in [1.807, 2.05) is 19.1 Å². The average molecular weight is 375 g/mol. The van der Waals surface area contributed by atoms with Crippen LogP contribution in [-0.4, -0.2) is 43.1 Å². The molecular formula is C21H27ClN2O2. The minimum absolute atomic E-state index is 0. The van der Waals surface area contributed by atoms with Crippen LogP contribution in [0, 0.1) is 0 Å². The van der Waals surface area contributed by atoms with Gasteiger partial charge in [-0.3, -0.25) is 4.79 Å². The molecule has 0 radical (unpaired) electrons. The summed E-state index contributed by atoms with van der Waals surface area (Å²) in [6.07, 6.45) is 3.36. The molecule has 2 fully saturated rings. The number of amides is 1. The Balaban J connectivity index is 0.00000196. The van der Waals surface area contributed by atoms with Gasteiger partial charge in [0.05, 0.1) is 13.0 Å². The third-order valence-corrected chi connectivity index (χ3v) is 5.85. The van der Waals surface area contributed by atoms with Gasteiger partial charge in [-0.25, -0.2) is 0 Å². The van der Waals surface area contributed by atoms with Crippen molar-refractivity contribution in [2.75, 3.05) is 20.2 Å². The van der Waals surface area contributed by atoms with E-state index in [2.05, 4.69) is 34.5 Å². The summed E-state index contributed by atoms with van der Waals surface area (Å²) in [5, 5.41) is 5.76. The first kappa shape index (κ1) is 19.0. The van der Waals surface area contributed by atoms with Crippen LogP contribution in [0.4, 0.5) is 0 Å². The van der Waals surface area contributed by atoms with Gasteiger partial charge in [-0.2, -0.15) is 0 Å². The highest BCUT2D eigenvalue weighted by Gasteiger charge is 2.39. The standard InChI is InChI=1S/C21H26N2O2.ClH/c1-14(21(24)23-18-6-7-19(23)13-22-10-9-18)15-3-4-17-12-20(25-2)8-5-16(17)11-15;/h3-5,8,11-12,14,18-19,22H,6-7,9-10,13H2,1-2H3;1H. The van der Waals surface area contributed by atoms with Crippen molar-refractivity contribution < 1.29 is 9.53 Å². The maximum absolute atomic E-state index is 13.2. The first-order valence-electron chi connectivity index (χ1n) is 9.28. The number of carbonyl (C=O) groups excluding carboxylic acids is 1. The monoisotopic (exact) mass is 374 g/mol. The summed E-state index contributed by atoms with van der Waals surface area (Å²) in [5.74, 6) is 1.04. The van der Waals surface area contributed by atoms with Crippen molar-refractivity contribution in [2.45, 2.75) is 44.2 Å². The van der Waals surface area contributed by atoms with Crippen LogP contribution < -0.4 is 10.1 Å². The lowest BCUT2D eigenvalue weighted by atomic mass is 9.96. The molecule has 4 rings (SSSR count). The van der Waals surface area contributed by atoms with Gasteiger partial charge in [-0.15, -0.1) is 12.4 Å². The number of rotatable bonds is 3. The highest BCUT2D eigenvalue weighted by atomic mass is 35.5. The fraction of sp³-hybridized carbons (Fsp3) is 0.476. The Morgan fingerprint density at radius 3 is 2.65 bits per heavy atom. The number of fused-ring (bicyclic) bond motifs is 3. The highest BCUT2D eigenvalue weighted by Crippen LogP contribution is 2.32. The van der Waals surface area contributed by atoms with Gasteiger partial charge >= 0.3 is 0 Å². The lowest BCUT2D eigenvalue weighted by molar-refractivity contribution is -0.135. The van der Waals surface area contributed by atoms with Gasteiger partial charge in [-0.05, 0) is 61.2 Å². The number of hydrogen-bond donors (Lipinski definition) is 1. The number of nitrogens with one attached hydrogen (secondary N) is 1. The molecule has 0 spiro atoms. The van der Waals surface area contributed by atoms with Gasteiger partial charge in [0.2, 0.25) is 5.91 Å². The lowest BCUT2D eigenvalue weighted by Gasteiger charge is -2.30. The predicted molar refractivity (Wildman–Crippen MR) is 107 cm³/mol. The Morgan fingerprint density at radius 1 is 1.12 bits per heavy atom. The van der Waals surface area contributed by atoms with Crippen molar-refractivity contribution in [3.63, 3.8) is 0 Å². The second-order valence-corrected chi connectivity index (χ2v) is 7.32. The molecule has 2 aliphatic rings. The molecule has 2 aromatic carbocycles. The van der Waals surface area contributed by atoms with E-state index in [1.54, 1.807) is 7.11 Å². The van der Waals surface area contributed by atoms with Crippen LogP contribution in [-0.2, 0) is 4.79 Å². The fourth-order valence-electron chi connectivity index (χ4n) is 4.35. The van der Waals surface area contributed by atoms with Crippen LogP contribution in [0.25, 0.3) is 10.8 Å².